The van der Waals surface area contributed by atoms with Crippen LogP contribution in [-0.4, -0.2) is 22.5 Å². The summed E-state index contributed by atoms with van der Waals surface area (Å²) in [6.45, 7) is 3.16. The maximum atomic E-state index is 11.3. The lowest BCUT2D eigenvalue weighted by Gasteiger charge is -2.05. The van der Waals surface area contributed by atoms with Gasteiger partial charge in [-0.25, -0.2) is 0 Å². The van der Waals surface area contributed by atoms with Gasteiger partial charge in [-0.3, -0.25) is 19.7 Å². The fourth-order valence-electron chi connectivity index (χ4n) is 1.10. The van der Waals surface area contributed by atoms with Gasteiger partial charge >= 0.3 is 0 Å². The average molecular weight is 201 g/mol. The third kappa shape index (κ3) is 4.69. The number of unbranched alkanes of at least 4 members (excludes halogenated alkanes) is 1. The molecule has 0 rings (SSSR count). The molecule has 5 nitrogen and oxygen atoms in total. The molecule has 0 spiro atoms. The van der Waals surface area contributed by atoms with Crippen LogP contribution in [0.25, 0.3) is 0 Å². The highest BCUT2D eigenvalue weighted by Crippen LogP contribution is 2.06. The lowest BCUT2D eigenvalue weighted by Crippen LogP contribution is -2.31. The minimum Gasteiger partial charge on any atom is -0.300 e. The van der Waals surface area contributed by atoms with Crippen molar-refractivity contribution in [3.05, 3.63) is 10.1 Å². The van der Waals surface area contributed by atoms with Crippen LogP contribution in [0.1, 0.15) is 39.5 Å². The second kappa shape index (κ2) is 6.23. The highest BCUT2D eigenvalue weighted by Gasteiger charge is 2.29. The zero-order valence-corrected chi connectivity index (χ0v) is 8.49. The first-order valence-corrected chi connectivity index (χ1v) is 4.64. The zero-order valence-electron chi connectivity index (χ0n) is 8.49. The molecule has 0 heterocycles. The van der Waals surface area contributed by atoms with Crippen LogP contribution in [-0.2, 0) is 9.59 Å². The Morgan fingerprint density at radius 2 is 2.00 bits per heavy atom. The maximum absolute atomic E-state index is 11.3. The van der Waals surface area contributed by atoms with Crippen molar-refractivity contribution < 1.29 is 14.5 Å². The molecule has 1 atom stereocenters. The third-order valence-electron chi connectivity index (χ3n) is 1.88. The molecule has 0 N–H and O–H groups in total. The first-order valence-electron chi connectivity index (χ1n) is 4.64. The number of carbonyl (C=O) groups is 2. The first kappa shape index (κ1) is 12.7. The van der Waals surface area contributed by atoms with Crippen molar-refractivity contribution in [2.45, 2.75) is 45.6 Å². The summed E-state index contributed by atoms with van der Waals surface area (Å²) < 4.78 is 0. The van der Waals surface area contributed by atoms with Crippen LogP contribution in [0.4, 0.5) is 0 Å². The van der Waals surface area contributed by atoms with Crippen molar-refractivity contribution in [3.63, 3.8) is 0 Å². The molecule has 0 bridgehead atoms. The number of Topliss-reactive ketones (excluding diaryl/α,β-unsaturated/α-hetero) is 2. The Morgan fingerprint density at radius 3 is 2.36 bits per heavy atom. The van der Waals surface area contributed by atoms with E-state index in [1.165, 1.54) is 6.92 Å². The van der Waals surface area contributed by atoms with Gasteiger partial charge in [0.2, 0.25) is 5.78 Å². The molecule has 0 unspecified atom stereocenters. The number of rotatable bonds is 7. The molecular weight excluding hydrogens is 186 g/mol. The molecule has 0 fully saturated rings. The summed E-state index contributed by atoms with van der Waals surface area (Å²) in [5.41, 5.74) is 0. The summed E-state index contributed by atoms with van der Waals surface area (Å²) in [5, 5.41) is 10.5. The lowest BCUT2D eigenvalue weighted by atomic mass is 10.0. The van der Waals surface area contributed by atoms with Gasteiger partial charge in [0.15, 0.2) is 0 Å². The Labute approximate surface area is 82.6 Å². The zero-order chi connectivity index (χ0) is 11.1. The van der Waals surface area contributed by atoms with Crippen molar-refractivity contribution in [1.82, 2.24) is 0 Å². The van der Waals surface area contributed by atoms with E-state index < -0.39 is 16.7 Å². The molecule has 0 aliphatic carbocycles. The fraction of sp³-hybridized carbons (Fsp3) is 0.778. The highest BCUT2D eigenvalue weighted by molar-refractivity contribution is 5.88. The molecule has 0 aliphatic heterocycles. The number of ketones is 2. The van der Waals surface area contributed by atoms with Gasteiger partial charge in [-0.2, -0.15) is 0 Å². The van der Waals surface area contributed by atoms with Crippen LogP contribution in [0, 0.1) is 10.1 Å². The van der Waals surface area contributed by atoms with Gasteiger partial charge < -0.3 is 0 Å². The summed E-state index contributed by atoms with van der Waals surface area (Å²) in [6, 6.07) is -1.33. The van der Waals surface area contributed by atoms with E-state index in [1.807, 2.05) is 6.92 Å². The molecule has 0 saturated heterocycles. The summed E-state index contributed by atoms with van der Waals surface area (Å²) in [6.07, 6.45) is 1.36. The topological polar surface area (TPSA) is 77.3 Å². The SMILES string of the molecule is CCCCC(=O)[C@H](CC(C)=O)[N+](=O)[O-]. The number of nitro groups is 1. The van der Waals surface area contributed by atoms with Gasteiger partial charge in [0.1, 0.15) is 5.78 Å². The second-order valence-corrected chi connectivity index (χ2v) is 3.28. The molecule has 0 aromatic heterocycles. The predicted molar refractivity (Wildman–Crippen MR) is 50.6 cm³/mol. The number of carbonyl (C=O) groups excluding carboxylic acids is 2. The van der Waals surface area contributed by atoms with E-state index in [9.17, 15) is 19.7 Å². The van der Waals surface area contributed by atoms with Crippen LogP contribution >= 0.6 is 0 Å². The van der Waals surface area contributed by atoms with E-state index in [2.05, 4.69) is 0 Å². The Morgan fingerprint density at radius 1 is 1.43 bits per heavy atom. The predicted octanol–water partition coefficient (Wildman–Crippen LogP) is 1.37. The molecule has 0 aliphatic rings. The molecule has 0 radical (unpaired) electrons. The molecule has 0 aromatic carbocycles. The van der Waals surface area contributed by atoms with E-state index in [-0.39, 0.29) is 18.6 Å². The summed E-state index contributed by atoms with van der Waals surface area (Å²) in [5.74, 6) is -0.761. The number of hydrogen-bond donors (Lipinski definition) is 0. The average Bonchev–Trinajstić information content (AvgIpc) is 2.09. The van der Waals surface area contributed by atoms with Crippen LogP contribution < -0.4 is 0 Å². The Kier molecular flexibility index (Phi) is 5.67. The van der Waals surface area contributed by atoms with Gasteiger partial charge in [-0.05, 0) is 13.3 Å². The third-order valence-corrected chi connectivity index (χ3v) is 1.88. The van der Waals surface area contributed by atoms with Gasteiger partial charge in [-0.15, -0.1) is 0 Å². The molecule has 5 heteroatoms. The Balaban J connectivity index is 4.26. The normalized spacial score (nSPS) is 12.1. The van der Waals surface area contributed by atoms with Gasteiger partial charge in [0, 0.05) is 11.3 Å². The van der Waals surface area contributed by atoms with Crippen LogP contribution in [0.15, 0.2) is 0 Å². The van der Waals surface area contributed by atoms with Gasteiger partial charge in [0.25, 0.3) is 6.04 Å². The summed E-state index contributed by atoms with van der Waals surface area (Å²) in [4.78, 5) is 31.8. The highest BCUT2D eigenvalue weighted by atomic mass is 16.6. The lowest BCUT2D eigenvalue weighted by molar-refractivity contribution is -0.506. The van der Waals surface area contributed by atoms with Crippen molar-refractivity contribution in [3.8, 4) is 0 Å². The maximum Gasteiger partial charge on any atom is 0.277 e. The van der Waals surface area contributed by atoms with E-state index in [4.69, 9.17) is 0 Å². The molecule has 80 valence electrons. The van der Waals surface area contributed by atoms with E-state index in [0.717, 1.165) is 6.42 Å². The minimum absolute atomic E-state index is 0.190. The molecule has 0 amide bonds. The first-order chi connectivity index (χ1) is 6.49. The number of hydrogen-bond acceptors (Lipinski definition) is 4. The fourth-order valence-corrected chi connectivity index (χ4v) is 1.10. The van der Waals surface area contributed by atoms with Crippen LogP contribution in [0.5, 0.6) is 0 Å². The molecule has 0 aromatic rings. The van der Waals surface area contributed by atoms with Crippen molar-refractivity contribution in [2.24, 2.45) is 0 Å². The molecular formula is C9H15NO4. The molecule has 14 heavy (non-hydrogen) atoms. The van der Waals surface area contributed by atoms with E-state index in [0.29, 0.717) is 6.42 Å². The van der Waals surface area contributed by atoms with Gasteiger partial charge in [-0.1, -0.05) is 13.3 Å². The van der Waals surface area contributed by atoms with Gasteiger partial charge in [0.05, 0.1) is 6.42 Å². The summed E-state index contributed by atoms with van der Waals surface area (Å²) >= 11 is 0. The molecule has 0 saturated carbocycles. The Hall–Kier alpha value is -1.26. The second-order valence-electron chi connectivity index (χ2n) is 3.28. The smallest absolute Gasteiger partial charge is 0.277 e. The van der Waals surface area contributed by atoms with Crippen LogP contribution in [0.2, 0.25) is 0 Å². The standard InChI is InChI=1S/C9H15NO4/c1-3-4-5-9(12)8(10(13)14)6-7(2)11/h8H,3-6H2,1-2H3/t8-/m0/s1. The van der Waals surface area contributed by atoms with Crippen molar-refractivity contribution in [1.29, 1.82) is 0 Å². The van der Waals surface area contributed by atoms with E-state index in [1.54, 1.807) is 0 Å². The quantitative estimate of drug-likeness (QED) is 0.460. The largest absolute Gasteiger partial charge is 0.300 e. The monoisotopic (exact) mass is 201 g/mol. The minimum atomic E-state index is -1.33. The van der Waals surface area contributed by atoms with E-state index >= 15 is 0 Å². The number of nitrogens with zero attached hydrogens (tertiary/aromatic N) is 1. The van der Waals surface area contributed by atoms with Crippen molar-refractivity contribution >= 4 is 11.6 Å². The summed E-state index contributed by atoms with van der Waals surface area (Å²) in [7, 11) is 0. The Bertz CT molecular complexity index is 237. The van der Waals surface area contributed by atoms with Crippen LogP contribution in [0.3, 0.4) is 0 Å². The van der Waals surface area contributed by atoms with Crippen molar-refractivity contribution in [2.75, 3.05) is 0 Å².